The molecule has 0 spiro atoms. The Bertz CT molecular complexity index is 362. The summed E-state index contributed by atoms with van der Waals surface area (Å²) in [6.07, 6.45) is 0. The molecule has 0 aliphatic rings. The number of benzene rings is 1. The van der Waals surface area contributed by atoms with Gasteiger partial charge in [-0.2, -0.15) is 0 Å². The van der Waals surface area contributed by atoms with Gasteiger partial charge in [0.2, 0.25) is 0 Å². The Balaban J connectivity index is 2.71. The molecule has 0 bridgehead atoms. The number of hydrogen-bond acceptors (Lipinski definition) is 2. The maximum absolute atomic E-state index is 6.37. The Labute approximate surface area is 112 Å². The molecule has 2 unspecified atom stereocenters. The van der Waals surface area contributed by atoms with Crippen molar-refractivity contribution in [2.45, 2.75) is 46.7 Å². The van der Waals surface area contributed by atoms with Gasteiger partial charge < -0.3 is 10.6 Å². The van der Waals surface area contributed by atoms with Crippen LogP contribution in [0.25, 0.3) is 0 Å². The minimum Gasteiger partial charge on any atom is -0.323 e. The van der Waals surface area contributed by atoms with Crippen LogP contribution < -0.4 is 5.73 Å². The number of nitrogens with two attached hydrogens (primary N) is 1. The zero-order chi connectivity index (χ0) is 13.9. The van der Waals surface area contributed by atoms with E-state index in [1.54, 1.807) is 0 Å². The van der Waals surface area contributed by atoms with Crippen molar-refractivity contribution < 1.29 is 0 Å². The summed E-state index contributed by atoms with van der Waals surface area (Å²) in [5, 5.41) is 0. The first-order valence-corrected chi connectivity index (χ1v) is 6.73. The summed E-state index contributed by atoms with van der Waals surface area (Å²) in [4.78, 5) is 2.35. The van der Waals surface area contributed by atoms with Gasteiger partial charge in [-0.05, 0) is 31.9 Å². The Hall–Kier alpha value is -0.860. The Morgan fingerprint density at radius 1 is 1.17 bits per heavy atom. The van der Waals surface area contributed by atoms with Crippen molar-refractivity contribution in [3.63, 3.8) is 0 Å². The second-order valence-corrected chi connectivity index (χ2v) is 6.65. The van der Waals surface area contributed by atoms with Gasteiger partial charge >= 0.3 is 0 Å². The van der Waals surface area contributed by atoms with E-state index in [1.807, 2.05) is 0 Å². The van der Waals surface area contributed by atoms with E-state index in [9.17, 15) is 0 Å². The third kappa shape index (κ3) is 4.43. The molecule has 0 saturated carbocycles. The molecule has 0 saturated heterocycles. The largest absolute Gasteiger partial charge is 0.323 e. The lowest BCUT2D eigenvalue weighted by atomic mass is 9.93. The minimum absolute atomic E-state index is 0.0675. The molecule has 102 valence electrons. The predicted octanol–water partition coefficient (Wildman–Crippen LogP) is 3.36. The fraction of sp³-hybridized carbons (Fsp3) is 0.625. The van der Waals surface area contributed by atoms with E-state index in [4.69, 9.17) is 5.73 Å². The third-order valence-corrected chi connectivity index (χ3v) is 3.40. The lowest BCUT2D eigenvalue weighted by Gasteiger charge is -2.34. The fourth-order valence-corrected chi connectivity index (χ4v) is 2.23. The molecule has 2 N–H and O–H groups in total. The van der Waals surface area contributed by atoms with Crippen molar-refractivity contribution in [1.82, 2.24) is 4.90 Å². The number of aryl methyl sites for hydroxylation is 1. The van der Waals surface area contributed by atoms with Crippen LogP contribution in [-0.2, 0) is 0 Å². The van der Waals surface area contributed by atoms with Crippen molar-refractivity contribution in [1.29, 1.82) is 0 Å². The highest BCUT2D eigenvalue weighted by Crippen LogP contribution is 2.22. The molecule has 1 aromatic carbocycles. The Morgan fingerprint density at radius 3 is 2.11 bits per heavy atom. The maximum atomic E-state index is 6.37. The van der Waals surface area contributed by atoms with Crippen LogP contribution in [0, 0.1) is 12.3 Å². The van der Waals surface area contributed by atoms with Crippen molar-refractivity contribution in [2.24, 2.45) is 11.1 Å². The highest BCUT2D eigenvalue weighted by molar-refractivity contribution is 5.24. The van der Waals surface area contributed by atoms with Crippen molar-refractivity contribution in [3.05, 3.63) is 35.4 Å². The average molecular weight is 248 g/mol. The number of rotatable bonds is 4. The summed E-state index contributed by atoms with van der Waals surface area (Å²) >= 11 is 0. The molecule has 0 radical (unpaired) electrons. The van der Waals surface area contributed by atoms with Gasteiger partial charge in [-0.1, -0.05) is 50.6 Å². The molecular formula is C16H28N2. The standard InChI is InChI=1S/C16H28N2/c1-12-7-9-14(10-8-12)15(17)13(2)18(6)11-16(3,4)5/h7-10,13,15H,11,17H2,1-6H3. The van der Waals surface area contributed by atoms with E-state index < -0.39 is 0 Å². The highest BCUT2D eigenvalue weighted by atomic mass is 15.1. The van der Waals surface area contributed by atoms with E-state index in [2.05, 4.69) is 70.8 Å². The van der Waals surface area contributed by atoms with Crippen LogP contribution in [-0.4, -0.2) is 24.5 Å². The Morgan fingerprint density at radius 2 is 1.67 bits per heavy atom. The monoisotopic (exact) mass is 248 g/mol. The number of nitrogens with zero attached hydrogens (tertiary/aromatic N) is 1. The molecule has 2 nitrogen and oxygen atoms in total. The minimum atomic E-state index is 0.0675. The third-order valence-electron chi connectivity index (χ3n) is 3.40. The first kappa shape index (κ1) is 15.2. The summed E-state index contributed by atoms with van der Waals surface area (Å²) in [7, 11) is 2.16. The molecule has 2 heteroatoms. The average Bonchev–Trinajstić information content (AvgIpc) is 2.26. The molecule has 0 fully saturated rings. The maximum Gasteiger partial charge on any atom is 0.0450 e. The molecule has 0 amide bonds. The van der Waals surface area contributed by atoms with Gasteiger partial charge in [-0.3, -0.25) is 0 Å². The van der Waals surface area contributed by atoms with Crippen LogP contribution in [0.5, 0.6) is 0 Å². The van der Waals surface area contributed by atoms with Gasteiger partial charge in [0, 0.05) is 18.6 Å². The number of likely N-dealkylation sites (N-methyl/N-ethyl adjacent to an activating group) is 1. The highest BCUT2D eigenvalue weighted by Gasteiger charge is 2.22. The molecule has 2 atom stereocenters. The first-order chi connectivity index (χ1) is 8.20. The first-order valence-electron chi connectivity index (χ1n) is 6.73. The van der Waals surface area contributed by atoms with E-state index in [1.165, 1.54) is 11.1 Å². The molecule has 0 heterocycles. The van der Waals surface area contributed by atoms with Crippen molar-refractivity contribution in [2.75, 3.05) is 13.6 Å². The topological polar surface area (TPSA) is 29.3 Å². The van der Waals surface area contributed by atoms with Gasteiger partial charge in [0.15, 0.2) is 0 Å². The summed E-state index contributed by atoms with van der Waals surface area (Å²) in [6.45, 7) is 12.1. The Kier molecular flexibility index (Phi) is 4.94. The van der Waals surface area contributed by atoms with Crippen LogP contribution in [0.1, 0.15) is 44.9 Å². The van der Waals surface area contributed by atoms with Crippen LogP contribution in [0.2, 0.25) is 0 Å². The summed E-state index contributed by atoms with van der Waals surface area (Å²) in [6, 6.07) is 8.95. The molecule has 18 heavy (non-hydrogen) atoms. The van der Waals surface area contributed by atoms with E-state index in [0.29, 0.717) is 11.5 Å². The zero-order valence-corrected chi connectivity index (χ0v) is 12.7. The summed E-state index contributed by atoms with van der Waals surface area (Å²) < 4.78 is 0. The molecular weight excluding hydrogens is 220 g/mol. The van der Waals surface area contributed by atoms with Crippen LogP contribution in [0.4, 0.5) is 0 Å². The SMILES string of the molecule is Cc1ccc(C(N)C(C)N(C)CC(C)(C)C)cc1. The second kappa shape index (κ2) is 5.85. The molecule has 1 aromatic rings. The van der Waals surface area contributed by atoms with Crippen LogP contribution in [0.15, 0.2) is 24.3 Å². The van der Waals surface area contributed by atoms with Crippen molar-refractivity contribution in [3.8, 4) is 0 Å². The lowest BCUT2D eigenvalue weighted by Crippen LogP contribution is -2.42. The fourth-order valence-electron chi connectivity index (χ4n) is 2.23. The predicted molar refractivity (Wildman–Crippen MR) is 79.7 cm³/mol. The molecule has 0 aromatic heterocycles. The van der Waals surface area contributed by atoms with E-state index >= 15 is 0 Å². The smallest absolute Gasteiger partial charge is 0.0450 e. The van der Waals surface area contributed by atoms with Gasteiger partial charge in [0.1, 0.15) is 0 Å². The van der Waals surface area contributed by atoms with Gasteiger partial charge in [0.25, 0.3) is 0 Å². The van der Waals surface area contributed by atoms with Crippen molar-refractivity contribution >= 4 is 0 Å². The quantitative estimate of drug-likeness (QED) is 0.885. The normalized spacial score (nSPS) is 15.8. The van der Waals surface area contributed by atoms with E-state index in [0.717, 1.165) is 6.54 Å². The van der Waals surface area contributed by atoms with Gasteiger partial charge in [0.05, 0.1) is 0 Å². The van der Waals surface area contributed by atoms with Gasteiger partial charge in [-0.15, -0.1) is 0 Å². The summed E-state index contributed by atoms with van der Waals surface area (Å²) in [5.74, 6) is 0. The lowest BCUT2D eigenvalue weighted by molar-refractivity contribution is 0.163. The van der Waals surface area contributed by atoms with Gasteiger partial charge in [-0.25, -0.2) is 0 Å². The molecule has 1 rings (SSSR count). The van der Waals surface area contributed by atoms with Crippen LogP contribution in [0.3, 0.4) is 0 Å². The summed E-state index contributed by atoms with van der Waals surface area (Å²) in [5.41, 5.74) is 9.16. The number of hydrogen-bond donors (Lipinski definition) is 1. The zero-order valence-electron chi connectivity index (χ0n) is 12.7. The molecule has 0 aliphatic carbocycles. The van der Waals surface area contributed by atoms with Crippen LogP contribution >= 0.6 is 0 Å². The molecule has 0 aliphatic heterocycles. The second-order valence-electron chi connectivity index (χ2n) is 6.65. The van der Waals surface area contributed by atoms with E-state index in [-0.39, 0.29) is 6.04 Å².